The zero-order valence-electron chi connectivity index (χ0n) is 24.3. The molecule has 2 N–H and O–H groups in total. The molecule has 4 rings (SSSR count). The van der Waals surface area contributed by atoms with E-state index in [2.05, 4.69) is 25.9 Å². The molecular weight excluding hydrogens is 546 g/mol. The minimum absolute atomic E-state index is 0.0254. The van der Waals surface area contributed by atoms with Gasteiger partial charge in [0.2, 0.25) is 5.88 Å². The van der Waals surface area contributed by atoms with Crippen molar-refractivity contribution in [2.75, 3.05) is 32.8 Å². The smallest absolute Gasteiger partial charge is 0.407 e. The lowest BCUT2D eigenvalue weighted by Crippen LogP contribution is -2.33. The summed E-state index contributed by atoms with van der Waals surface area (Å²) in [5.74, 6) is 1.21. The van der Waals surface area contributed by atoms with E-state index in [1.54, 1.807) is 9.58 Å². The third-order valence-electron chi connectivity index (χ3n) is 5.93. The number of benzene rings is 1. The Bertz CT molecular complexity index is 1320. The van der Waals surface area contributed by atoms with E-state index in [-0.39, 0.29) is 12.1 Å². The lowest BCUT2D eigenvalue weighted by atomic mass is 10.2. The normalized spacial score (nSPS) is 13.4. The number of thiazole rings is 1. The van der Waals surface area contributed by atoms with Crippen molar-refractivity contribution in [2.45, 2.75) is 65.6 Å². The molecule has 0 spiro atoms. The van der Waals surface area contributed by atoms with E-state index in [1.165, 1.54) is 11.3 Å². The van der Waals surface area contributed by atoms with Gasteiger partial charge in [-0.05, 0) is 66.0 Å². The van der Waals surface area contributed by atoms with Crippen LogP contribution < -0.4 is 20.1 Å². The summed E-state index contributed by atoms with van der Waals surface area (Å²) in [5.41, 5.74) is 1.97. The second-order valence-electron chi connectivity index (χ2n) is 10.9. The molecule has 0 unspecified atom stereocenters. The third-order valence-corrected chi connectivity index (χ3v) is 6.79. The fourth-order valence-corrected chi connectivity index (χ4v) is 4.85. The Morgan fingerprint density at radius 2 is 2.07 bits per heavy atom. The molecule has 3 amide bonds. The molecule has 222 valence electrons. The average Bonchev–Trinajstić information content (AvgIpc) is 3.64. The van der Waals surface area contributed by atoms with Crippen LogP contribution in [-0.4, -0.2) is 81.5 Å². The summed E-state index contributed by atoms with van der Waals surface area (Å²) in [6, 6.07) is 5.74. The molecule has 1 saturated heterocycles. The quantitative estimate of drug-likeness (QED) is 0.282. The van der Waals surface area contributed by atoms with E-state index in [9.17, 15) is 9.59 Å². The number of carbonyl (C=O) groups excluding carboxylic acids is 2. The first kappa shape index (κ1) is 30.1. The number of unbranched alkanes of at least 4 members (excludes halogenated alkanes) is 1. The van der Waals surface area contributed by atoms with Crippen LogP contribution in [0.4, 0.5) is 9.59 Å². The zero-order chi connectivity index (χ0) is 29.4. The van der Waals surface area contributed by atoms with E-state index in [0.717, 1.165) is 41.2 Å². The Labute approximate surface area is 244 Å². The third kappa shape index (κ3) is 9.07. The van der Waals surface area contributed by atoms with Gasteiger partial charge in [0.1, 0.15) is 23.0 Å². The summed E-state index contributed by atoms with van der Waals surface area (Å²) >= 11 is 1.48. The Balaban J connectivity index is 1.40. The van der Waals surface area contributed by atoms with Gasteiger partial charge in [0, 0.05) is 25.7 Å². The topological polar surface area (TPSA) is 133 Å². The number of aryl methyl sites for hydroxylation is 1. The van der Waals surface area contributed by atoms with Crippen molar-refractivity contribution < 1.29 is 23.8 Å². The molecule has 2 aromatic heterocycles. The van der Waals surface area contributed by atoms with Crippen LogP contribution in [0.5, 0.6) is 11.6 Å². The number of nitrogens with one attached hydrogen (secondary N) is 2. The second kappa shape index (κ2) is 13.7. The molecule has 1 aromatic carbocycles. The zero-order valence-corrected chi connectivity index (χ0v) is 25.1. The highest BCUT2D eigenvalue weighted by Crippen LogP contribution is 2.36. The largest absolute Gasteiger partial charge is 0.491 e. The fraction of sp³-hybridized carbons (Fsp3) is 0.536. The molecule has 13 heteroatoms. The summed E-state index contributed by atoms with van der Waals surface area (Å²) in [7, 11) is 0. The first-order chi connectivity index (χ1) is 19.6. The van der Waals surface area contributed by atoms with E-state index >= 15 is 0 Å². The first-order valence-electron chi connectivity index (χ1n) is 13.9. The van der Waals surface area contributed by atoms with Crippen LogP contribution in [0, 0.1) is 0 Å². The number of ether oxygens (including phenoxy) is 3. The number of urea groups is 1. The second-order valence-corrected chi connectivity index (χ2v) is 11.8. The summed E-state index contributed by atoms with van der Waals surface area (Å²) < 4.78 is 18.9. The van der Waals surface area contributed by atoms with Crippen LogP contribution in [0.15, 0.2) is 29.8 Å². The predicted molar refractivity (Wildman–Crippen MR) is 156 cm³/mol. The van der Waals surface area contributed by atoms with Gasteiger partial charge in [-0.1, -0.05) is 5.21 Å². The van der Waals surface area contributed by atoms with E-state index in [1.807, 2.05) is 64.4 Å². The van der Waals surface area contributed by atoms with Gasteiger partial charge in [-0.25, -0.2) is 19.3 Å². The standard InChI is InChI=1S/C28H39N7O5S/c1-19(2)39-24-18-41-25(31-24)22-10-9-21(16-23(22)38-15-14-34-13-12-29-26(34)36)35-17-20(32-33-35)8-6-7-11-30-27(37)40-28(3,4)5/h9-10,16-19H,6-8,11-15H2,1-5H3,(H,29,36)(H,30,37). The van der Waals surface area contributed by atoms with Crippen molar-refractivity contribution >= 4 is 23.5 Å². The minimum Gasteiger partial charge on any atom is -0.491 e. The van der Waals surface area contributed by atoms with Gasteiger partial charge in [0.15, 0.2) is 0 Å². The van der Waals surface area contributed by atoms with Crippen LogP contribution >= 0.6 is 11.3 Å². The van der Waals surface area contributed by atoms with Crippen molar-refractivity contribution in [3.8, 4) is 27.9 Å². The molecular formula is C28H39N7O5S. The van der Waals surface area contributed by atoms with Gasteiger partial charge in [-0.15, -0.1) is 16.4 Å². The maximum Gasteiger partial charge on any atom is 0.407 e. The molecule has 1 fully saturated rings. The lowest BCUT2D eigenvalue weighted by molar-refractivity contribution is 0.0527. The number of amides is 3. The summed E-state index contributed by atoms with van der Waals surface area (Å²) in [5, 5.41) is 16.9. The monoisotopic (exact) mass is 585 g/mol. The number of nitrogens with zero attached hydrogens (tertiary/aromatic N) is 5. The van der Waals surface area contributed by atoms with Crippen LogP contribution in [-0.2, 0) is 11.2 Å². The van der Waals surface area contributed by atoms with Gasteiger partial charge in [0.05, 0.1) is 41.2 Å². The lowest BCUT2D eigenvalue weighted by Gasteiger charge is -2.19. The number of alkyl carbamates (subject to hydrolysis) is 1. The summed E-state index contributed by atoms with van der Waals surface area (Å²) in [4.78, 5) is 30.1. The number of hydrogen-bond acceptors (Lipinski definition) is 9. The maximum absolute atomic E-state index is 11.9. The number of aromatic nitrogens is 4. The molecule has 0 saturated carbocycles. The summed E-state index contributed by atoms with van der Waals surface area (Å²) in [6.07, 6.45) is 3.88. The first-order valence-corrected chi connectivity index (χ1v) is 14.8. The summed E-state index contributed by atoms with van der Waals surface area (Å²) in [6.45, 7) is 12.1. The maximum atomic E-state index is 11.9. The Kier molecular flexibility index (Phi) is 10.0. The van der Waals surface area contributed by atoms with Gasteiger partial charge in [-0.2, -0.15) is 0 Å². The van der Waals surface area contributed by atoms with Gasteiger partial charge >= 0.3 is 12.1 Å². The van der Waals surface area contributed by atoms with Crippen molar-refractivity contribution in [1.29, 1.82) is 0 Å². The number of rotatable bonds is 13. The van der Waals surface area contributed by atoms with E-state index < -0.39 is 11.7 Å². The molecule has 1 aliphatic heterocycles. The molecule has 0 radical (unpaired) electrons. The van der Waals surface area contributed by atoms with Crippen molar-refractivity contribution in [2.24, 2.45) is 0 Å². The van der Waals surface area contributed by atoms with Crippen LogP contribution in [0.1, 0.15) is 53.2 Å². The van der Waals surface area contributed by atoms with Gasteiger partial charge in [0.25, 0.3) is 0 Å². The highest BCUT2D eigenvalue weighted by Gasteiger charge is 2.20. The van der Waals surface area contributed by atoms with E-state index in [0.29, 0.717) is 44.4 Å². The van der Waals surface area contributed by atoms with Crippen LogP contribution in [0.3, 0.4) is 0 Å². The highest BCUT2D eigenvalue weighted by atomic mass is 32.1. The van der Waals surface area contributed by atoms with E-state index in [4.69, 9.17) is 14.2 Å². The molecule has 0 bridgehead atoms. The number of carbonyl (C=O) groups is 2. The fourth-order valence-electron chi connectivity index (χ4n) is 4.09. The molecule has 41 heavy (non-hydrogen) atoms. The number of hydrogen-bond donors (Lipinski definition) is 2. The Morgan fingerprint density at radius 1 is 1.24 bits per heavy atom. The Morgan fingerprint density at radius 3 is 2.80 bits per heavy atom. The minimum atomic E-state index is -0.512. The van der Waals surface area contributed by atoms with Crippen molar-refractivity contribution in [3.63, 3.8) is 0 Å². The van der Waals surface area contributed by atoms with Crippen LogP contribution in [0.2, 0.25) is 0 Å². The average molecular weight is 586 g/mol. The predicted octanol–water partition coefficient (Wildman–Crippen LogP) is 4.43. The van der Waals surface area contributed by atoms with Crippen molar-refractivity contribution in [1.82, 2.24) is 35.5 Å². The molecule has 12 nitrogen and oxygen atoms in total. The Hall–Kier alpha value is -3.87. The molecule has 3 heterocycles. The van der Waals surface area contributed by atoms with Gasteiger partial charge < -0.3 is 29.7 Å². The molecule has 0 aliphatic carbocycles. The van der Waals surface area contributed by atoms with Crippen molar-refractivity contribution in [3.05, 3.63) is 35.5 Å². The van der Waals surface area contributed by atoms with Gasteiger partial charge in [-0.3, -0.25) is 0 Å². The molecule has 3 aromatic rings. The molecule has 0 atom stereocenters. The molecule has 1 aliphatic rings. The van der Waals surface area contributed by atoms with Crippen LogP contribution in [0.25, 0.3) is 16.3 Å². The SMILES string of the molecule is CC(C)Oc1csc(-c2ccc(-n3cc(CCCCNC(=O)OC(C)(C)C)nn3)cc2OCCN2CCNC2=O)n1. The highest BCUT2D eigenvalue weighted by molar-refractivity contribution is 7.13.